The maximum absolute atomic E-state index is 15.2. The molecule has 1 saturated carbocycles. The number of carbonyl (C=O) groups is 4. The molecule has 2 saturated heterocycles. The van der Waals surface area contributed by atoms with Crippen molar-refractivity contribution in [3.05, 3.63) is 128 Å². The fourth-order valence-corrected chi connectivity index (χ4v) is 9.13. The molecule has 8 rings (SSSR count). The van der Waals surface area contributed by atoms with Crippen LogP contribution in [-0.4, -0.2) is 38.7 Å². The second kappa shape index (κ2) is 12.6. The Hall–Kier alpha value is -4.91. The van der Waals surface area contributed by atoms with Gasteiger partial charge in [-0.1, -0.05) is 70.7 Å². The minimum absolute atomic E-state index is 0.0331. The van der Waals surface area contributed by atoms with Crippen LogP contribution < -0.4 is 10.3 Å². The van der Waals surface area contributed by atoms with Crippen molar-refractivity contribution in [2.45, 2.75) is 30.4 Å². The number of fused-ring (bicyclic) bond motifs is 4. The zero-order valence-electron chi connectivity index (χ0n) is 27.2. The molecular weight excluding hydrogens is 756 g/mol. The summed E-state index contributed by atoms with van der Waals surface area (Å²) in [6.07, 6.45) is -2.20. The van der Waals surface area contributed by atoms with Crippen LogP contribution in [0.4, 0.5) is 24.7 Å². The molecule has 1 aromatic heterocycles. The lowest BCUT2D eigenvalue weighted by atomic mass is 9.49. The van der Waals surface area contributed by atoms with Crippen LogP contribution in [0.15, 0.2) is 96.7 Å². The lowest BCUT2D eigenvalue weighted by Crippen LogP contribution is -2.53. The van der Waals surface area contributed by atoms with Crippen LogP contribution in [0.3, 0.4) is 0 Å². The molecule has 2 aliphatic heterocycles. The average molecular weight is 782 g/mol. The number of phenols is 1. The number of pyridine rings is 1. The smallest absolute Gasteiger partial charge is 0.417 e. The third-order valence-electron chi connectivity index (χ3n) is 10.9. The van der Waals surface area contributed by atoms with Gasteiger partial charge in [-0.3, -0.25) is 29.5 Å². The zero-order chi connectivity index (χ0) is 37.6. The first-order valence-corrected chi connectivity index (χ1v) is 17.6. The number of hydrogen-bond donors (Lipinski definition) is 2. The van der Waals surface area contributed by atoms with Gasteiger partial charge in [0.2, 0.25) is 11.8 Å². The number of aromatic hydroxyl groups is 1. The van der Waals surface area contributed by atoms with Gasteiger partial charge in [0.15, 0.2) is 5.82 Å². The van der Waals surface area contributed by atoms with Gasteiger partial charge >= 0.3 is 6.18 Å². The number of halogens is 6. The van der Waals surface area contributed by atoms with E-state index in [4.69, 9.17) is 34.8 Å². The number of rotatable bonds is 5. The highest BCUT2D eigenvalue weighted by Gasteiger charge is 2.70. The van der Waals surface area contributed by atoms with Crippen LogP contribution in [0.1, 0.15) is 35.4 Å². The first-order chi connectivity index (χ1) is 25.2. The summed E-state index contributed by atoms with van der Waals surface area (Å²) in [4.78, 5) is 63.1. The molecule has 3 aromatic carbocycles. The molecule has 4 amide bonds. The fourth-order valence-electron chi connectivity index (χ4n) is 8.67. The summed E-state index contributed by atoms with van der Waals surface area (Å²) >= 11 is 18.6. The van der Waals surface area contributed by atoms with Crippen molar-refractivity contribution in [1.29, 1.82) is 0 Å². The Bertz CT molecular complexity index is 2230. The number of imide groups is 2. The van der Waals surface area contributed by atoms with Gasteiger partial charge < -0.3 is 5.11 Å². The van der Waals surface area contributed by atoms with Gasteiger partial charge in [-0.05, 0) is 84.5 Å². The van der Waals surface area contributed by atoms with Crippen LogP contribution in [0.5, 0.6) is 5.75 Å². The topological polar surface area (TPSA) is 120 Å². The summed E-state index contributed by atoms with van der Waals surface area (Å²) < 4.78 is 40.3. The Kier molecular flexibility index (Phi) is 8.36. The second-order valence-corrected chi connectivity index (χ2v) is 14.8. The molecule has 6 unspecified atom stereocenters. The molecule has 0 spiro atoms. The van der Waals surface area contributed by atoms with Crippen molar-refractivity contribution < 1.29 is 37.5 Å². The molecule has 2 N–H and O–H groups in total. The Labute approximate surface area is 314 Å². The number of nitrogens with zero attached hydrogens (tertiary/aromatic N) is 3. The van der Waals surface area contributed by atoms with Crippen molar-refractivity contribution in [2.24, 2.45) is 23.7 Å². The minimum Gasteiger partial charge on any atom is -0.508 e. The number of nitrogens with one attached hydrogen (secondary N) is 1. The Balaban J connectivity index is 1.29. The van der Waals surface area contributed by atoms with Crippen LogP contribution in [0, 0.1) is 23.7 Å². The number of anilines is 2. The standard InChI is InChI=1S/C38H26Cl3F3N4O5/c39-21-5-3-19(4-6-21)37-28(34(51)48(36(37)53)46-32-29(41)15-20(17-45-32)38(42,43)44)16-27-25(31(37)18-1-11-24(49)12-2-18)13-14-26-30(27)35(52)47(33(26)50)23-9-7-22(40)8-10-23/h1-13,15,17,26-28,30-31,49H,14,16H2,(H,45,46). The van der Waals surface area contributed by atoms with Crippen molar-refractivity contribution in [3.8, 4) is 5.75 Å². The van der Waals surface area contributed by atoms with E-state index in [0.717, 1.165) is 9.91 Å². The molecule has 0 radical (unpaired) electrons. The summed E-state index contributed by atoms with van der Waals surface area (Å²) in [5.41, 5.74) is 1.75. The molecule has 4 aliphatic rings. The first kappa shape index (κ1) is 35.1. The van der Waals surface area contributed by atoms with Gasteiger partial charge in [-0.2, -0.15) is 18.2 Å². The third-order valence-corrected chi connectivity index (χ3v) is 11.7. The molecule has 0 bridgehead atoms. The Morgan fingerprint density at radius 1 is 0.830 bits per heavy atom. The van der Waals surface area contributed by atoms with E-state index in [1.54, 1.807) is 60.7 Å². The summed E-state index contributed by atoms with van der Waals surface area (Å²) in [6.45, 7) is 0. The summed E-state index contributed by atoms with van der Waals surface area (Å²) in [6, 6.07) is 19.6. The van der Waals surface area contributed by atoms with Gasteiger partial charge in [-0.15, -0.1) is 0 Å². The molecule has 6 atom stereocenters. The largest absolute Gasteiger partial charge is 0.508 e. The van der Waals surface area contributed by atoms with Crippen LogP contribution in [0.25, 0.3) is 0 Å². The first-order valence-electron chi connectivity index (χ1n) is 16.5. The fraction of sp³-hybridized carbons (Fsp3) is 0.237. The van der Waals surface area contributed by atoms with E-state index in [1.807, 2.05) is 6.08 Å². The van der Waals surface area contributed by atoms with E-state index in [0.29, 0.717) is 44.7 Å². The van der Waals surface area contributed by atoms with Gasteiger partial charge in [-0.25, -0.2) is 4.98 Å². The van der Waals surface area contributed by atoms with E-state index in [2.05, 4.69) is 10.4 Å². The molecule has 3 fully saturated rings. The van der Waals surface area contributed by atoms with Gasteiger partial charge in [0.1, 0.15) is 5.75 Å². The molecule has 9 nitrogen and oxygen atoms in total. The number of carbonyl (C=O) groups excluding carboxylic acids is 4. The summed E-state index contributed by atoms with van der Waals surface area (Å²) in [5.74, 6) is -7.12. The van der Waals surface area contributed by atoms with Crippen molar-refractivity contribution >= 4 is 69.9 Å². The van der Waals surface area contributed by atoms with E-state index in [1.165, 1.54) is 12.1 Å². The highest BCUT2D eigenvalue weighted by Crippen LogP contribution is 2.64. The van der Waals surface area contributed by atoms with E-state index in [9.17, 15) is 32.7 Å². The second-order valence-electron chi connectivity index (χ2n) is 13.5. The predicted octanol–water partition coefficient (Wildman–Crippen LogP) is 7.96. The highest BCUT2D eigenvalue weighted by atomic mass is 35.5. The SMILES string of the molecule is O=C1C2CC3C(=CCC4C(=O)N(c5ccc(Cl)cc5)C(=O)C43)C(c3ccc(O)cc3)C2(c2ccc(Cl)cc2)C(=O)N1Nc1ncc(C(F)(F)F)cc1Cl. The zero-order valence-corrected chi connectivity index (χ0v) is 29.4. The molecule has 4 aromatic rings. The van der Waals surface area contributed by atoms with E-state index >= 15 is 4.79 Å². The Morgan fingerprint density at radius 3 is 2.09 bits per heavy atom. The van der Waals surface area contributed by atoms with Crippen molar-refractivity contribution in [2.75, 3.05) is 10.3 Å². The monoisotopic (exact) mass is 780 g/mol. The highest BCUT2D eigenvalue weighted by molar-refractivity contribution is 6.33. The van der Waals surface area contributed by atoms with Crippen LogP contribution in [-0.2, 0) is 30.8 Å². The molecular formula is C38H26Cl3F3N4O5. The third kappa shape index (κ3) is 5.41. The number of benzene rings is 3. The van der Waals surface area contributed by atoms with Gasteiger partial charge in [0.25, 0.3) is 11.8 Å². The summed E-state index contributed by atoms with van der Waals surface area (Å²) in [7, 11) is 0. The van der Waals surface area contributed by atoms with E-state index < -0.39 is 75.4 Å². The maximum Gasteiger partial charge on any atom is 0.417 e. The quantitative estimate of drug-likeness (QED) is 0.156. The molecule has 270 valence electrons. The minimum atomic E-state index is -4.75. The predicted molar refractivity (Wildman–Crippen MR) is 189 cm³/mol. The molecule has 53 heavy (non-hydrogen) atoms. The normalized spacial score (nSPS) is 26.7. The van der Waals surface area contributed by atoms with Crippen LogP contribution >= 0.6 is 34.8 Å². The number of alkyl halides is 3. The maximum atomic E-state index is 15.2. The van der Waals surface area contributed by atoms with Gasteiger partial charge in [0.05, 0.1) is 39.4 Å². The number of phenolic OH excluding ortho intramolecular Hbond substituents is 1. The van der Waals surface area contributed by atoms with Crippen LogP contribution in [0.2, 0.25) is 15.1 Å². The average Bonchev–Trinajstić information content (AvgIpc) is 3.50. The summed E-state index contributed by atoms with van der Waals surface area (Å²) in [5, 5.41) is 11.3. The van der Waals surface area contributed by atoms with E-state index in [-0.39, 0.29) is 24.4 Å². The molecule has 15 heteroatoms. The number of allylic oxidation sites excluding steroid dienone is 2. The number of hydrazine groups is 1. The molecule has 3 heterocycles. The number of hydrogen-bond acceptors (Lipinski definition) is 7. The van der Waals surface area contributed by atoms with Gasteiger partial charge in [0, 0.05) is 22.2 Å². The lowest BCUT2D eigenvalue weighted by Gasteiger charge is -2.50. The lowest BCUT2D eigenvalue weighted by molar-refractivity contribution is -0.139. The van der Waals surface area contributed by atoms with Crippen molar-refractivity contribution in [3.63, 3.8) is 0 Å². The molecule has 2 aliphatic carbocycles. The Morgan fingerprint density at radius 2 is 1.47 bits per heavy atom. The number of aromatic nitrogens is 1. The van der Waals surface area contributed by atoms with Crippen molar-refractivity contribution in [1.82, 2.24) is 9.99 Å². The number of amides is 4.